The molecular formula is C21H28N2O3. The van der Waals surface area contributed by atoms with Gasteiger partial charge in [0.2, 0.25) is 0 Å². The van der Waals surface area contributed by atoms with Gasteiger partial charge in [0.1, 0.15) is 0 Å². The van der Waals surface area contributed by atoms with Gasteiger partial charge in [-0.1, -0.05) is 0 Å². The number of carbonyl (C=O) groups excluding carboxylic acids is 1. The van der Waals surface area contributed by atoms with Crippen molar-refractivity contribution in [1.29, 1.82) is 0 Å². The molecule has 1 fully saturated rings. The second kappa shape index (κ2) is 6.15. The van der Waals surface area contributed by atoms with E-state index in [1.807, 2.05) is 0 Å². The Morgan fingerprint density at radius 3 is 2.96 bits per heavy atom. The van der Waals surface area contributed by atoms with E-state index in [2.05, 4.69) is 16.8 Å². The number of hydrogen-bond acceptors (Lipinski definition) is 4. The van der Waals surface area contributed by atoms with E-state index in [0.29, 0.717) is 12.0 Å². The van der Waals surface area contributed by atoms with Gasteiger partial charge < -0.3 is 14.5 Å². The Morgan fingerprint density at radius 2 is 2.12 bits per heavy atom. The first-order valence-electron chi connectivity index (χ1n) is 10.1. The van der Waals surface area contributed by atoms with Crippen LogP contribution in [0.15, 0.2) is 11.8 Å². The van der Waals surface area contributed by atoms with Crippen LogP contribution in [0.5, 0.6) is 0 Å². The van der Waals surface area contributed by atoms with Crippen molar-refractivity contribution in [2.45, 2.75) is 57.6 Å². The summed E-state index contributed by atoms with van der Waals surface area (Å²) >= 11 is 0. The minimum absolute atomic E-state index is 0.146. The number of ether oxygens (including phenoxy) is 2. The van der Waals surface area contributed by atoms with E-state index in [1.165, 1.54) is 44.2 Å². The van der Waals surface area contributed by atoms with Gasteiger partial charge in [-0.05, 0) is 56.6 Å². The van der Waals surface area contributed by atoms with Gasteiger partial charge in [-0.3, -0.25) is 4.90 Å². The summed E-state index contributed by atoms with van der Waals surface area (Å²) in [6, 6.07) is 0.393. The van der Waals surface area contributed by atoms with E-state index < -0.39 is 0 Å². The topological polar surface area (TPSA) is 54.6 Å². The van der Waals surface area contributed by atoms with E-state index in [1.54, 1.807) is 17.4 Å². The van der Waals surface area contributed by atoms with Gasteiger partial charge >= 0.3 is 5.97 Å². The number of hydrogen-bond donors (Lipinski definition) is 1. The number of fused-ring (bicyclic) bond motifs is 6. The Kier molecular flexibility index (Phi) is 3.89. The number of piperidine rings is 1. The first-order valence-corrected chi connectivity index (χ1v) is 10.1. The Bertz CT molecular complexity index is 766. The molecule has 0 unspecified atom stereocenters. The summed E-state index contributed by atoms with van der Waals surface area (Å²) in [4.78, 5) is 18.7. The highest BCUT2D eigenvalue weighted by molar-refractivity contribution is 5.89. The second-order valence-electron chi connectivity index (χ2n) is 8.35. The predicted molar refractivity (Wildman–Crippen MR) is 97.7 cm³/mol. The molecule has 3 aliphatic heterocycles. The third kappa shape index (κ3) is 2.36. The first kappa shape index (κ1) is 16.4. The number of nitrogens with one attached hydrogen (secondary N) is 1. The zero-order valence-corrected chi connectivity index (χ0v) is 15.7. The van der Waals surface area contributed by atoms with Crippen molar-refractivity contribution in [1.82, 2.24) is 9.88 Å². The Hall–Kier alpha value is -1.75. The smallest absolute Gasteiger partial charge is 0.337 e. The third-order valence-electron chi connectivity index (χ3n) is 7.14. The molecule has 0 saturated carbocycles. The largest absolute Gasteiger partial charge is 0.497 e. The number of rotatable bonds is 1. The van der Waals surface area contributed by atoms with E-state index in [0.717, 1.165) is 31.5 Å². The van der Waals surface area contributed by atoms with Crippen molar-refractivity contribution in [2.75, 3.05) is 20.2 Å². The Balaban J connectivity index is 1.50. The molecule has 26 heavy (non-hydrogen) atoms. The number of aryl methyl sites for hydroxylation is 1. The van der Waals surface area contributed by atoms with Crippen molar-refractivity contribution >= 4 is 5.97 Å². The zero-order chi connectivity index (χ0) is 17.8. The van der Waals surface area contributed by atoms with Crippen LogP contribution in [0.2, 0.25) is 0 Å². The molecule has 0 bridgehead atoms. The summed E-state index contributed by atoms with van der Waals surface area (Å²) in [5, 5.41) is 0. The Labute approximate surface area is 154 Å². The molecule has 1 aromatic heterocycles. The molecule has 1 saturated heterocycles. The maximum absolute atomic E-state index is 12.3. The quantitative estimate of drug-likeness (QED) is 0.786. The van der Waals surface area contributed by atoms with Gasteiger partial charge in [-0.15, -0.1) is 0 Å². The lowest BCUT2D eigenvalue weighted by molar-refractivity contribution is -0.139. The molecule has 1 aliphatic carbocycles. The van der Waals surface area contributed by atoms with Gasteiger partial charge in [0.15, 0.2) is 0 Å². The molecule has 5 heteroatoms. The summed E-state index contributed by atoms with van der Waals surface area (Å²) in [6.45, 7) is 4.24. The van der Waals surface area contributed by atoms with Gasteiger partial charge in [0, 0.05) is 36.3 Å². The predicted octanol–water partition coefficient (Wildman–Crippen LogP) is 2.90. The van der Waals surface area contributed by atoms with E-state index in [4.69, 9.17) is 9.47 Å². The highest BCUT2D eigenvalue weighted by atomic mass is 16.5. The maximum atomic E-state index is 12.3. The van der Waals surface area contributed by atoms with Crippen LogP contribution < -0.4 is 0 Å². The van der Waals surface area contributed by atoms with Gasteiger partial charge in [0.25, 0.3) is 0 Å². The van der Waals surface area contributed by atoms with Crippen LogP contribution in [0, 0.1) is 11.8 Å². The zero-order valence-electron chi connectivity index (χ0n) is 15.7. The fourth-order valence-corrected chi connectivity index (χ4v) is 5.76. The highest BCUT2D eigenvalue weighted by Crippen LogP contribution is 2.47. The number of carbonyl (C=O) groups is 1. The second-order valence-corrected chi connectivity index (χ2v) is 8.35. The summed E-state index contributed by atoms with van der Waals surface area (Å²) < 4.78 is 10.8. The van der Waals surface area contributed by atoms with E-state index >= 15 is 0 Å². The monoisotopic (exact) mass is 356 g/mol. The number of nitrogens with zero attached hydrogens (tertiary/aromatic N) is 1. The SMILES string of the molecule is COC(=O)C1=CO[C@@H](C)[C@H]2CN3CCc4c([nH]c5c4CCCC5)[C@@H]3C[C@H]12. The lowest BCUT2D eigenvalue weighted by Gasteiger charge is -2.49. The molecule has 4 heterocycles. The first-order chi connectivity index (χ1) is 12.7. The summed E-state index contributed by atoms with van der Waals surface area (Å²) in [6.07, 6.45) is 8.99. The molecule has 140 valence electrons. The number of methoxy groups -OCH3 is 1. The fourth-order valence-electron chi connectivity index (χ4n) is 5.76. The lowest BCUT2D eigenvalue weighted by Crippen LogP contribution is -2.51. The Morgan fingerprint density at radius 1 is 1.27 bits per heavy atom. The third-order valence-corrected chi connectivity index (χ3v) is 7.14. The molecule has 4 aliphatic rings. The summed E-state index contributed by atoms with van der Waals surface area (Å²) in [7, 11) is 1.46. The van der Waals surface area contributed by atoms with Crippen molar-refractivity contribution in [3.8, 4) is 0 Å². The fraction of sp³-hybridized carbons (Fsp3) is 0.667. The van der Waals surface area contributed by atoms with Crippen LogP contribution in [0.3, 0.4) is 0 Å². The minimum Gasteiger partial charge on any atom is -0.497 e. The standard InChI is InChI=1S/C21H28N2O3/c1-12-16-10-23-8-7-14-13-5-3-4-6-18(13)22-20(14)19(23)9-15(16)17(11-26-12)21(24)25-2/h11-12,15-16,19,22H,3-10H2,1-2H3/t12-,15-,16+,19-/m0/s1. The molecule has 4 atom stereocenters. The van der Waals surface area contributed by atoms with Gasteiger partial charge in [-0.25, -0.2) is 4.79 Å². The number of esters is 1. The van der Waals surface area contributed by atoms with Crippen molar-refractivity contribution < 1.29 is 14.3 Å². The molecule has 1 aromatic rings. The van der Waals surface area contributed by atoms with Crippen LogP contribution >= 0.6 is 0 Å². The maximum Gasteiger partial charge on any atom is 0.337 e. The number of H-pyrrole nitrogens is 1. The highest BCUT2D eigenvalue weighted by Gasteiger charge is 2.47. The normalized spacial score (nSPS) is 33.1. The van der Waals surface area contributed by atoms with E-state index in [-0.39, 0.29) is 18.0 Å². The van der Waals surface area contributed by atoms with E-state index in [9.17, 15) is 4.79 Å². The van der Waals surface area contributed by atoms with Gasteiger partial charge in [-0.2, -0.15) is 0 Å². The van der Waals surface area contributed by atoms with Crippen LogP contribution in [0.25, 0.3) is 0 Å². The molecule has 0 amide bonds. The summed E-state index contributed by atoms with van der Waals surface area (Å²) in [5.74, 6) is 0.345. The molecule has 5 nitrogen and oxygen atoms in total. The minimum atomic E-state index is -0.234. The molecule has 1 N–H and O–H groups in total. The average Bonchev–Trinajstić information content (AvgIpc) is 3.06. The van der Waals surface area contributed by atoms with Crippen molar-refractivity contribution in [2.24, 2.45) is 11.8 Å². The number of aromatic amines is 1. The molecule has 5 rings (SSSR count). The molecule has 0 spiro atoms. The molecule has 0 radical (unpaired) electrons. The van der Waals surface area contributed by atoms with Crippen molar-refractivity contribution in [3.63, 3.8) is 0 Å². The van der Waals surface area contributed by atoms with Gasteiger partial charge in [0.05, 0.1) is 31.1 Å². The molecule has 0 aromatic carbocycles. The van der Waals surface area contributed by atoms with Crippen LogP contribution in [-0.2, 0) is 33.5 Å². The van der Waals surface area contributed by atoms with Crippen LogP contribution in [0.1, 0.15) is 54.7 Å². The number of aromatic nitrogens is 1. The summed E-state index contributed by atoms with van der Waals surface area (Å²) in [5.41, 5.74) is 6.83. The van der Waals surface area contributed by atoms with Crippen molar-refractivity contribution in [3.05, 3.63) is 34.3 Å². The molecular weight excluding hydrogens is 328 g/mol. The lowest BCUT2D eigenvalue weighted by atomic mass is 9.72. The average molecular weight is 356 g/mol. The van der Waals surface area contributed by atoms with Crippen LogP contribution in [0.4, 0.5) is 0 Å². The van der Waals surface area contributed by atoms with Crippen LogP contribution in [-0.4, -0.2) is 42.2 Å².